The van der Waals surface area contributed by atoms with Crippen molar-refractivity contribution in [3.63, 3.8) is 0 Å². The molecule has 0 amide bonds. The van der Waals surface area contributed by atoms with Crippen molar-refractivity contribution in [3.8, 4) is 5.75 Å². The third kappa shape index (κ3) is 3.16. The highest BCUT2D eigenvalue weighted by atomic mass is 16.5. The van der Waals surface area contributed by atoms with Crippen LogP contribution >= 0.6 is 0 Å². The molecule has 1 aromatic heterocycles. The zero-order valence-corrected chi connectivity index (χ0v) is 12.1. The van der Waals surface area contributed by atoms with Gasteiger partial charge < -0.3 is 10.5 Å². The molecule has 0 bridgehead atoms. The summed E-state index contributed by atoms with van der Waals surface area (Å²) in [6, 6.07) is 14.0. The lowest BCUT2D eigenvalue weighted by molar-refractivity contribution is 0.299. The molecule has 0 atom stereocenters. The molecule has 0 radical (unpaired) electrons. The molecule has 108 valence electrons. The van der Waals surface area contributed by atoms with Crippen LogP contribution < -0.4 is 10.5 Å². The average Bonchev–Trinajstić information content (AvgIpc) is 2.88. The van der Waals surface area contributed by atoms with E-state index in [1.54, 1.807) is 0 Å². The van der Waals surface area contributed by atoms with Crippen LogP contribution in [0.2, 0.25) is 0 Å². The van der Waals surface area contributed by atoms with E-state index in [2.05, 4.69) is 24.2 Å². The highest BCUT2D eigenvalue weighted by Crippen LogP contribution is 2.17. The number of hydrogen-bond donors (Lipinski definition) is 1. The number of anilines is 1. The fraction of sp³-hybridized carbons (Fsp3) is 0.235. The maximum Gasteiger partial charge on any atom is 0.119 e. The highest BCUT2D eigenvalue weighted by molar-refractivity contribution is 5.81. The summed E-state index contributed by atoms with van der Waals surface area (Å²) in [4.78, 5) is 0. The molecule has 0 fully saturated rings. The molecule has 1 heterocycles. The van der Waals surface area contributed by atoms with Gasteiger partial charge in [-0.15, -0.1) is 0 Å². The quantitative estimate of drug-likeness (QED) is 0.576. The number of aryl methyl sites for hydroxylation is 2. The maximum absolute atomic E-state index is 5.83. The Morgan fingerprint density at radius 1 is 1.14 bits per heavy atom. The highest BCUT2D eigenvalue weighted by Gasteiger charge is 2.03. The molecular weight excluding hydrogens is 262 g/mol. The van der Waals surface area contributed by atoms with Crippen LogP contribution in [0, 0.1) is 6.92 Å². The molecule has 4 nitrogen and oxygen atoms in total. The minimum atomic E-state index is 0.673. The van der Waals surface area contributed by atoms with Crippen LogP contribution in [-0.2, 0) is 6.54 Å². The summed E-state index contributed by atoms with van der Waals surface area (Å²) < 4.78 is 7.71. The van der Waals surface area contributed by atoms with Crippen molar-refractivity contribution in [2.24, 2.45) is 0 Å². The molecule has 4 heteroatoms. The van der Waals surface area contributed by atoms with Gasteiger partial charge in [0.05, 0.1) is 18.3 Å². The van der Waals surface area contributed by atoms with Crippen LogP contribution in [0.3, 0.4) is 0 Å². The number of benzene rings is 2. The molecular formula is C17H19N3O. The van der Waals surface area contributed by atoms with Crippen LogP contribution in [0.25, 0.3) is 10.9 Å². The first kappa shape index (κ1) is 13.5. The lowest BCUT2D eigenvalue weighted by Gasteiger charge is -2.07. The van der Waals surface area contributed by atoms with E-state index < -0.39 is 0 Å². The second-order valence-corrected chi connectivity index (χ2v) is 5.20. The standard InChI is InChI=1S/C17H19N3O/c1-13-3-7-16(8-4-13)21-10-2-9-20-17-11-15(18)6-5-14(17)12-19-20/h3-8,11-12H,2,9-10,18H2,1H3. The van der Waals surface area contributed by atoms with Crippen LogP contribution in [0.4, 0.5) is 5.69 Å². The Hall–Kier alpha value is -2.49. The van der Waals surface area contributed by atoms with E-state index in [-0.39, 0.29) is 0 Å². The van der Waals surface area contributed by atoms with E-state index in [1.165, 1.54) is 5.56 Å². The number of aromatic nitrogens is 2. The Morgan fingerprint density at radius 2 is 1.95 bits per heavy atom. The van der Waals surface area contributed by atoms with Crippen molar-refractivity contribution >= 4 is 16.6 Å². The Bertz CT molecular complexity index is 731. The second kappa shape index (κ2) is 5.87. The predicted molar refractivity (Wildman–Crippen MR) is 85.4 cm³/mol. The number of nitrogen functional groups attached to an aromatic ring is 1. The number of ether oxygens (including phenoxy) is 1. The molecule has 0 aliphatic carbocycles. The van der Waals surface area contributed by atoms with Crippen LogP contribution in [0.1, 0.15) is 12.0 Å². The number of nitrogens with zero attached hydrogens (tertiary/aromatic N) is 2. The lowest BCUT2D eigenvalue weighted by atomic mass is 10.2. The van der Waals surface area contributed by atoms with Gasteiger partial charge in [-0.05, 0) is 37.3 Å². The Morgan fingerprint density at radius 3 is 2.76 bits per heavy atom. The summed E-state index contributed by atoms with van der Waals surface area (Å²) in [5.74, 6) is 0.912. The summed E-state index contributed by atoms with van der Waals surface area (Å²) in [7, 11) is 0. The van der Waals surface area contributed by atoms with Crippen LogP contribution in [-0.4, -0.2) is 16.4 Å². The monoisotopic (exact) mass is 281 g/mol. The zero-order chi connectivity index (χ0) is 14.7. The zero-order valence-electron chi connectivity index (χ0n) is 12.1. The smallest absolute Gasteiger partial charge is 0.119 e. The van der Waals surface area contributed by atoms with E-state index in [9.17, 15) is 0 Å². The topological polar surface area (TPSA) is 53.1 Å². The van der Waals surface area contributed by atoms with Gasteiger partial charge in [-0.3, -0.25) is 4.68 Å². The predicted octanol–water partition coefficient (Wildman–Crippen LogP) is 3.40. The van der Waals surface area contributed by atoms with Gasteiger partial charge in [0.25, 0.3) is 0 Å². The second-order valence-electron chi connectivity index (χ2n) is 5.20. The molecule has 2 aromatic carbocycles. The van der Waals surface area contributed by atoms with Gasteiger partial charge >= 0.3 is 0 Å². The Balaban J connectivity index is 1.57. The largest absolute Gasteiger partial charge is 0.494 e. The third-order valence-corrected chi connectivity index (χ3v) is 3.47. The van der Waals surface area contributed by atoms with Crippen molar-refractivity contribution in [1.29, 1.82) is 0 Å². The molecule has 0 saturated carbocycles. The Labute approximate surface area is 124 Å². The minimum absolute atomic E-state index is 0.673. The average molecular weight is 281 g/mol. The van der Waals surface area contributed by atoms with Gasteiger partial charge in [-0.1, -0.05) is 17.7 Å². The van der Waals surface area contributed by atoms with Gasteiger partial charge in [0, 0.05) is 24.0 Å². The molecule has 0 unspecified atom stereocenters. The lowest BCUT2D eigenvalue weighted by Crippen LogP contribution is -2.05. The van der Waals surface area contributed by atoms with E-state index in [1.807, 2.05) is 41.2 Å². The van der Waals surface area contributed by atoms with E-state index in [0.717, 1.165) is 35.3 Å². The maximum atomic E-state index is 5.83. The minimum Gasteiger partial charge on any atom is -0.494 e. The van der Waals surface area contributed by atoms with E-state index in [0.29, 0.717) is 6.61 Å². The summed E-state index contributed by atoms with van der Waals surface area (Å²) >= 11 is 0. The fourth-order valence-corrected chi connectivity index (χ4v) is 2.30. The van der Waals surface area contributed by atoms with Crippen molar-refractivity contribution in [3.05, 3.63) is 54.2 Å². The molecule has 2 N–H and O–H groups in total. The number of hydrogen-bond acceptors (Lipinski definition) is 3. The normalized spacial score (nSPS) is 10.9. The summed E-state index contributed by atoms with van der Waals surface area (Å²) in [5.41, 5.74) is 8.91. The number of fused-ring (bicyclic) bond motifs is 1. The van der Waals surface area contributed by atoms with Crippen molar-refractivity contribution in [2.45, 2.75) is 19.9 Å². The van der Waals surface area contributed by atoms with Crippen LogP contribution in [0.15, 0.2) is 48.7 Å². The van der Waals surface area contributed by atoms with Gasteiger partial charge in [0.2, 0.25) is 0 Å². The molecule has 0 spiro atoms. The number of rotatable bonds is 5. The van der Waals surface area contributed by atoms with Gasteiger partial charge in [-0.25, -0.2) is 0 Å². The number of nitrogens with two attached hydrogens (primary N) is 1. The van der Waals surface area contributed by atoms with E-state index in [4.69, 9.17) is 10.5 Å². The summed E-state index contributed by atoms with van der Waals surface area (Å²) in [6.07, 6.45) is 2.77. The molecule has 0 aliphatic rings. The molecule has 3 aromatic rings. The SMILES string of the molecule is Cc1ccc(OCCCn2ncc3ccc(N)cc32)cc1. The van der Waals surface area contributed by atoms with Gasteiger partial charge in [-0.2, -0.15) is 5.10 Å². The third-order valence-electron chi connectivity index (χ3n) is 3.47. The summed E-state index contributed by atoms with van der Waals surface area (Å²) in [5, 5.41) is 5.51. The van der Waals surface area contributed by atoms with Gasteiger partial charge in [0.1, 0.15) is 5.75 Å². The fourth-order valence-electron chi connectivity index (χ4n) is 2.30. The van der Waals surface area contributed by atoms with Crippen molar-refractivity contribution in [2.75, 3.05) is 12.3 Å². The molecule has 0 aliphatic heterocycles. The first-order valence-electron chi connectivity index (χ1n) is 7.13. The van der Waals surface area contributed by atoms with Gasteiger partial charge in [0.15, 0.2) is 0 Å². The van der Waals surface area contributed by atoms with Crippen molar-refractivity contribution in [1.82, 2.24) is 9.78 Å². The molecule has 3 rings (SSSR count). The summed E-state index contributed by atoms with van der Waals surface area (Å²) in [6.45, 7) is 3.56. The first-order chi connectivity index (χ1) is 10.2. The van der Waals surface area contributed by atoms with Crippen LogP contribution in [0.5, 0.6) is 5.75 Å². The Kier molecular flexibility index (Phi) is 3.77. The van der Waals surface area contributed by atoms with Crippen molar-refractivity contribution < 1.29 is 4.74 Å². The molecule has 21 heavy (non-hydrogen) atoms. The van der Waals surface area contributed by atoms with E-state index >= 15 is 0 Å². The first-order valence-corrected chi connectivity index (χ1v) is 7.13. The molecule has 0 saturated heterocycles.